The summed E-state index contributed by atoms with van der Waals surface area (Å²) in [6.07, 6.45) is -7.05. The highest BCUT2D eigenvalue weighted by Crippen LogP contribution is 2.41. The molecule has 0 unspecified atom stereocenters. The summed E-state index contributed by atoms with van der Waals surface area (Å²) in [7, 11) is 1.42. The molecule has 0 fully saturated rings. The second-order valence-electron chi connectivity index (χ2n) is 6.79. The number of anilines is 2. The molecule has 0 saturated carbocycles. The van der Waals surface area contributed by atoms with Crippen LogP contribution in [0.4, 0.5) is 24.5 Å². The van der Waals surface area contributed by atoms with Gasteiger partial charge in [-0.05, 0) is 42.8 Å². The number of methoxy groups -OCH3 is 1. The average Bonchev–Trinajstić information content (AvgIpc) is 2.71. The fourth-order valence-corrected chi connectivity index (χ4v) is 3.16. The first-order valence-corrected chi connectivity index (χ1v) is 9.49. The zero-order valence-electron chi connectivity index (χ0n) is 17.1. The molecule has 2 aromatic carbocycles. The second-order valence-corrected chi connectivity index (χ2v) is 6.79. The molecule has 166 valence electrons. The lowest BCUT2D eigenvalue weighted by atomic mass is 9.93. The summed E-state index contributed by atoms with van der Waals surface area (Å²) in [6, 6.07) is 12.4. The standard InChI is InChI=1S/C22H23F3N2O4/c1-3-31-21(22(23,24)25)18-9-6-15(16(13-30-2)11-20(28)29)10-19(18)27-17-7-4-14(12-26)5-8-17/h4-10,16,21,27H,3,11,13H2,1-2H3,(H,28,29)/t16-,21+/m0/s1. The van der Waals surface area contributed by atoms with Crippen LogP contribution in [0.5, 0.6) is 0 Å². The molecule has 0 aromatic heterocycles. The Morgan fingerprint density at radius 2 is 1.90 bits per heavy atom. The molecule has 31 heavy (non-hydrogen) atoms. The number of hydrogen-bond donors (Lipinski definition) is 2. The highest BCUT2D eigenvalue weighted by atomic mass is 19.4. The van der Waals surface area contributed by atoms with Crippen LogP contribution in [-0.4, -0.2) is 37.6 Å². The number of halogens is 3. The molecule has 0 amide bonds. The lowest BCUT2D eigenvalue weighted by molar-refractivity contribution is -0.222. The van der Waals surface area contributed by atoms with E-state index in [2.05, 4.69) is 5.32 Å². The minimum Gasteiger partial charge on any atom is -0.481 e. The normalized spacial score (nSPS) is 13.3. The molecule has 0 aliphatic heterocycles. The van der Waals surface area contributed by atoms with E-state index in [-0.39, 0.29) is 30.9 Å². The predicted molar refractivity (Wildman–Crippen MR) is 108 cm³/mol. The van der Waals surface area contributed by atoms with E-state index in [0.29, 0.717) is 16.8 Å². The third-order valence-corrected chi connectivity index (χ3v) is 4.54. The third-order valence-electron chi connectivity index (χ3n) is 4.54. The van der Waals surface area contributed by atoms with Crippen LogP contribution in [0.1, 0.15) is 42.1 Å². The van der Waals surface area contributed by atoms with E-state index in [9.17, 15) is 23.1 Å². The number of carbonyl (C=O) groups is 1. The molecule has 0 saturated heterocycles. The smallest absolute Gasteiger partial charge is 0.418 e. The molecule has 6 nitrogen and oxygen atoms in total. The minimum absolute atomic E-state index is 0.0934. The number of alkyl halides is 3. The van der Waals surface area contributed by atoms with Gasteiger partial charge in [-0.3, -0.25) is 4.79 Å². The van der Waals surface area contributed by atoms with E-state index < -0.39 is 24.2 Å². The summed E-state index contributed by atoms with van der Waals surface area (Å²) in [5, 5.41) is 21.1. The maximum Gasteiger partial charge on any atom is 0.418 e. The van der Waals surface area contributed by atoms with Gasteiger partial charge in [0.25, 0.3) is 0 Å². The number of benzene rings is 2. The van der Waals surface area contributed by atoms with Crippen LogP contribution in [0.3, 0.4) is 0 Å². The highest BCUT2D eigenvalue weighted by molar-refractivity contribution is 5.69. The van der Waals surface area contributed by atoms with Crippen molar-refractivity contribution in [1.82, 2.24) is 0 Å². The summed E-state index contributed by atoms with van der Waals surface area (Å²) in [5.41, 5.74) is 1.39. The summed E-state index contributed by atoms with van der Waals surface area (Å²) in [4.78, 5) is 11.2. The number of aliphatic carboxylic acids is 1. The number of hydrogen-bond acceptors (Lipinski definition) is 5. The van der Waals surface area contributed by atoms with Crippen molar-refractivity contribution < 1.29 is 32.5 Å². The third kappa shape index (κ3) is 6.70. The quantitative estimate of drug-likeness (QED) is 0.535. The van der Waals surface area contributed by atoms with Crippen molar-refractivity contribution in [1.29, 1.82) is 5.26 Å². The van der Waals surface area contributed by atoms with Gasteiger partial charge in [-0.1, -0.05) is 12.1 Å². The van der Waals surface area contributed by atoms with Gasteiger partial charge in [0, 0.05) is 36.6 Å². The summed E-state index contributed by atoms with van der Waals surface area (Å²) in [6.45, 7) is 1.42. The van der Waals surface area contributed by atoms with Crippen LogP contribution in [-0.2, 0) is 14.3 Å². The number of carboxylic acid groups (broad SMARTS) is 1. The van der Waals surface area contributed by atoms with Crippen molar-refractivity contribution in [2.75, 3.05) is 25.6 Å². The monoisotopic (exact) mass is 436 g/mol. The van der Waals surface area contributed by atoms with Gasteiger partial charge in [-0.2, -0.15) is 18.4 Å². The van der Waals surface area contributed by atoms with Crippen LogP contribution in [0.25, 0.3) is 0 Å². The molecule has 2 aromatic rings. The second kappa shape index (κ2) is 10.8. The molecule has 0 bridgehead atoms. The summed E-state index contributed by atoms with van der Waals surface area (Å²) >= 11 is 0. The van der Waals surface area contributed by atoms with Crippen molar-refractivity contribution in [2.45, 2.75) is 31.5 Å². The number of rotatable bonds is 10. The number of ether oxygens (including phenoxy) is 2. The largest absolute Gasteiger partial charge is 0.481 e. The molecular formula is C22H23F3N2O4. The fraction of sp³-hybridized carbons (Fsp3) is 0.364. The Hall–Kier alpha value is -3.09. The van der Waals surface area contributed by atoms with Crippen molar-refractivity contribution in [2.24, 2.45) is 0 Å². The van der Waals surface area contributed by atoms with Crippen LogP contribution >= 0.6 is 0 Å². The molecule has 2 rings (SSSR count). The molecule has 0 spiro atoms. The fourth-order valence-electron chi connectivity index (χ4n) is 3.16. The Labute approximate surface area is 178 Å². The van der Waals surface area contributed by atoms with Crippen LogP contribution in [0, 0.1) is 11.3 Å². The average molecular weight is 436 g/mol. The Morgan fingerprint density at radius 3 is 2.42 bits per heavy atom. The summed E-state index contributed by atoms with van der Waals surface area (Å²) < 4.78 is 51.1. The van der Waals surface area contributed by atoms with Gasteiger partial charge in [0.1, 0.15) is 0 Å². The minimum atomic E-state index is -4.65. The first kappa shape index (κ1) is 24.2. The van der Waals surface area contributed by atoms with E-state index >= 15 is 0 Å². The Bertz CT molecular complexity index is 924. The van der Waals surface area contributed by atoms with Crippen molar-refractivity contribution in [3.63, 3.8) is 0 Å². The molecule has 0 heterocycles. The van der Waals surface area contributed by atoms with Crippen molar-refractivity contribution >= 4 is 17.3 Å². The molecular weight excluding hydrogens is 413 g/mol. The van der Waals surface area contributed by atoms with E-state index in [4.69, 9.17) is 14.7 Å². The van der Waals surface area contributed by atoms with Gasteiger partial charge in [-0.15, -0.1) is 0 Å². The molecule has 2 atom stereocenters. The predicted octanol–water partition coefficient (Wildman–Crippen LogP) is 5.15. The zero-order chi connectivity index (χ0) is 23.0. The van der Waals surface area contributed by atoms with Crippen LogP contribution in [0.15, 0.2) is 42.5 Å². The molecule has 2 N–H and O–H groups in total. The Kier molecular flexibility index (Phi) is 8.42. The van der Waals surface area contributed by atoms with Gasteiger partial charge < -0.3 is 19.9 Å². The van der Waals surface area contributed by atoms with Crippen LogP contribution < -0.4 is 5.32 Å². The summed E-state index contributed by atoms with van der Waals surface area (Å²) in [5.74, 6) is -1.59. The van der Waals surface area contributed by atoms with Gasteiger partial charge in [0.05, 0.1) is 24.7 Å². The van der Waals surface area contributed by atoms with Gasteiger partial charge >= 0.3 is 12.1 Å². The Balaban J connectivity index is 2.55. The Morgan fingerprint density at radius 1 is 1.23 bits per heavy atom. The molecule has 0 radical (unpaired) electrons. The first-order chi connectivity index (χ1) is 14.7. The number of nitrogens with zero attached hydrogens (tertiary/aromatic N) is 1. The highest BCUT2D eigenvalue weighted by Gasteiger charge is 2.43. The SMILES string of the molecule is CCO[C@H](c1ccc([C@H](COC)CC(=O)O)cc1Nc1ccc(C#N)cc1)C(F)(F)F. The molecule has 0 aliphatic rings. The maximum absolute atomic E-state index is 13.7. The topological polar surface area (TPSA) is 91.6 Å². The van der Waals surface area contributed by atoms with Gasteiger partial charge in [0.2, 0.25) is 0 Å². The van der Waals surface area contributed by atoms with E-state index in [1.54, 1.807) is 12.1 Å². The van der Waals surface area contributed by atoms with E-state index in [1.165, 1.54) is 44.4 Å². The van der Waals surface area contributed by atoms with Gasteiger partial charge in [0.15, 0.2) is 6.10 Å². The maximum atomic E-state index is 13.7. The van der Waals surface area contributed by atoms with Crippen molar-refractivity contribution in [3.05, 3.63) is 59.2 Å². The molecule has 0 aliphatic carbocycles. The number of carboxylic acids is 1. The lowest BCUT2D eigenvalue weighted by Crippen LogP contribution is -2.24. The van der Waals surface area contributed by atoms with Gasteiger partial charge in [-0.25, -0.2) is 0 Å². The van der Waals surface area contributed by atoms with E-state index in [1.807, 2.05) is 6.07 Å². The zero-order valence-corrected chi connectivity index (χ0v) is 17.1. The number of nitriles is 1. The molecule has 9 heteroatoms. The first-order valence-electron chi connectivity index (χ1n) is 9.49. The number of nitrogens with one attached hydrogen (secondary N) is 1. The van der Waals surface area contributed by atoms with E-state index in [0.717, 1.165) is 0 Å². The lowest BCUT2D eigenvalue weighted by Gasteiger charge is -2.25. The van der Waals surface area contributed by atoms with Crippen molar-refractivity contribution in [3.8, 4) is 6.07 Å². The van der Waals surface area contributed by atoms with Crippen LogP contribution in [0.2, 0.25) is 0 Å².